The predicted octanol–water partition coefficient (Wildman–Crippen LogP) is 1.62. The van der Waals surface area contributed by atoms with Crippen molar-refractivity contribution in [2.45, 2.75) is 31.5 Å². The molecule has 0 radical (unpaired) electrons. The van der Waals surface area contributed by atoms with Gasteiger partial charge in [-0.2, -0.15) is 5.10 Å². The van der Waals surface area contributed by atoms with Gasteiger partial charge in [0.2, 0.25) is 5.91 Å². The second-order valence-electron chi connectivity index (χ2n) is 7.14. The van der Waals surface area contributed by atoms with Crippen LogP contribution in [-0.4, -0.2) is 45.4 Å². The van der Waals surface area contributed by atoms with Crippen molar-refractivity contribution in [3.8, 4) is 0 Å². The molecular weight excluding hydrogens is 335 g/mol. The lowest BCUT2D eigenvalue weighted by molar-refractivity contribution is -0.124. The fourth-order valence-electron chi connectivity index (χ4n) is 3.41. The SMILES string of the molecule is CN(CC(=O)NC(c1cnn(C)c1)C1CC(O)C1)Cc1ccccc1F. The number of amides is 1. The number of likely N-dealkylation sites (N-methyl/N-ethyl adjacent to an activating group) is 1. The lowest BCUT2D eigenvalue weighted by Gasteiger charge is -2.37. The van der Waals surface area contributed by atoms with Gasteiger partial charge in [0, 0.05) is 30.9 Å². The molecule has 1 fully saturated rings. The van der Waals surface area contributed by atoms with Crippen LogP contribution < -0.4 is 5.32 Å². The van der Waals surface area contributed by atoms with Crippen LogP contribution in [0.15, 0.2) is 36.7 Å². The first kappa shape index (κ1) is 18.5. The Hall–Kier alpha value is -2.25. The van der Waals surface area contributed by atoms with Crippen molar-refractivity contribution in [1.82, 2.24) is 20.0 Å². The molecular formula is C19H25FN4O2. The van der Waals surface area contributed by atoms with Crippen molar-refractivity contribution in [2.24, 2.45) is 13.0 Å². The Balaban J connectivity index is 1.60. The standard InChI is InChI=1S/C19H25FN4O2/c1-23(10-13-5-3-4-6-17(13)20)12-18(26)22-19(14-7-16(25)8-14)15-9-21-24(2)11-15/h3-6,9,11,14,16,19,25H,7-8,10,12H2,1-2H3,(H,22,26). The minimum atomic E-state index is -0.292. The van der Waals surface area contributed by atoms with Crippen LogP contribution in [0.2, 0.25) is 0 Å². The van der Waals surface area contributed by atoms with E-state index in [-0.39, 0.29) is 36.3 Å². The van der Waals surface area contributed by atoms with Crippen molar-refractivity contribution < 1.29 is 14.3 Å². The second kappa shape index (κ2) is 7.97. The Labute approximate surface area is 152 Å². The molecule has 140 valence electrons. The van der Waals surface area contributed by atoms with Gasteiger partial charge in [-0.25, -0.2) is 4.39 Å². The lowest BCUT2D eigenvalue weighted by Crippen LogP contribution is -2.44. The van der Waals surface area contributed by atoms with Gasteiger partial charge < -0.3 is 10.4 Å². The number of aliphatic hydroxyl groups excluding tert-OH is 1. The number of carbonyl (C=O) groups excluding carboxylic acids is 1. The Morgan fingerprint density at radius 2 is 2.19 bits per heavy atom. The number of hydrogen-bond donors (Lipinski definition) is 2. The van der Waals surface area contributed by atoms with Gasteiger partial charge in [-0.1, -0.05) is 18.2 Å². The van der Waals surface area contributed by atoms with Gasteiger partial charge in [-0.15, -0.1) is 0 Å². The Bertz CT molecular complexity index is 758. The number of aromatic nitrogens is 2. The molecule has 1 amide bonds. The second-order valence-corrected chi connectivity index (χ2v) is 7.14. The molecule has 0 aliphatic heterocycles. The summed E-state index contributed by atoms with van der Waals surface area (Å²) in [6.45, 7) is 0.528. The van der Waals surface area contributed by atoms with Crippen LogP contribution in [-0.2, 0) is 18.4 Å². The first-order chi connectivity index (χ1) is 12.4. The number of nitrogens with zero attached hydrogens (tertiary/aromatic N) is 3. The molecule has 0 spiro atoms. The molecule has 1 atom stereocenters. The van der Waals surface area contributed by atoms with Crippen LogP contribution in [0.5, 0.6) is 0 Å². The quantitative estimate of drug-likeness (QED) is 0.787. The highest BCUT2D eigenvalue weighted by atomic mass is 19.1. The van der Waals surface area contributed by atoms with E-state index in [0.717, 1.165) is 5.56 Å². The molecule has 2 aromatic rings. The molecule has 1 saturated carbocycles. The minimum Gasteiger partial charge on any atom is -0.393 e. The summed E-state index contributed by atoms with van der Waals surface area (Å²) in [5.74, 6) is -0.189. The van der Waals surface area contributed by atoms with Gasteiger partial charge in [-0.3, -0.25) is 14.4 Å². The maximum atomic E-state index is 13.8. The van der Waals surface area contributed by atoms with Gasteiger partial charge in [0.1, 0.15) is 5.82 Å². The third-order valence-electron chi connectivity index (χ3n) is 4.83. The van der Waals surface area contributed by atoms with Crippen molar-refractivity contribution in [1.29, 1.82) is 0 Å². The van der Waals surface area contributed by atoms with E-state index >= 15 is 0 Å². The highest BCUT2D eigenvalue weighted by Gasteiger charge is 2.36. The Morgan fingerprint density at radius 3 is 2.81 bits per heavy atom. The average molecular weight is 360 g/mol. The number of hydrogen-bond acceptors (Lipinski definition) is 4. The molecule has 1 aliphatic rings. The minimum absolute atomic E-state index is 0.126. The molecule has 1 heterocycles. The van der Waals surface area contributed by atoms with Crippen LogP contribution in [0.25, 0.3) is 0 Å². The molecule has 1 unspecified atom stereocenters. The third-order valence-corrected chi connectivity index (χ3v) is 4.83. The van der Waals surface area contributed by atoms with E-state index < -0.39 is 0 Å². The van der Waals surface area contributed by atoms with Crippen LogP contribution in [0, 0.1) is 11.7 Å². The molecule has 0 bridgehead atoms. The zero-order valence-electron chi connectivity index (χ0n) is 15.1. The molecule has 1 aliphatic carbocycles. The number of rotatable bonds is 7. The molecule has 26 heavy (non-hydrogen) atoms. The van der Waals surface area contributed by atoms with Gasteiger partial charge in [0.15, 0.2) is 0 Å². The van der Waals surface area contributed by atoms with Crippen LogP contribution >= 0.6 is 0 Å². The Morgan fingerprint density at radius 1 is 1.46 bits per heavy atom. The lowest BCUT2D eigenvalue weighted by atomic mass is 9.75. The van der Waals surface area contributed by atoms with E-state index in [0.29, 0.717) is 24.9 Å². The van der Waals surface area contributed by atoms with Gasteiger partial charge in [0.05, 0.1) is 24.9 Å². The van der Waals surface area contributed by atoms with E-state index in [1.807, 2.05) is 13.2 Å². The smallest absolute Gasteiger partial charge is 0.234 e. The maximum Gasteiger partial charge on any atom is 0.234 e. The highest BCUT2D eigenvalue weighted by Crippen LogP contribution is 2.37. The monoisotopic (exact) mass is 360 g/mol. The first-order valence-electron chi connectivity index (χ1n) is 8.80. The summed E-state index contributed by atoms with van der Waals surface area (Å²) >= 11 is 0. The fourth-order valence-corrected chi connectivity index (χ4v) is 3.41. The van der Waals surface area contributed by atoms with Crippen LogP contribution in [0.1, 0.15) is 30.0 Å². The normalized spacial score (nSPS) is 20.7. The summed E-state index contributed by atoms with van der Waals surface area (Å²) in [5, 5.41) is 16.9. The van der Waals surface area contributed by atoms with Crippen molar-refractivity contribution in [2.75, 3.05) is 13.6 Å². The number of aryl methyl sites for hydroxylation is 1. The summed E-state index contributed by atoms with van der Waals surface area (Å²) in [6.07, 6.45) is 4.69. The van der Waals surface area contributed by atoms with Crippen LogP contribution in [0.3, 0.4) is 0 Å². The summed E-state index contributed by atoms with van der Waals surface area (Å²) in [4.78, 5) is 14.3. The first-order valence-corrected chi connectivity index (χ1v) is 8.80. The van der Waals surface area contributed by atoms with E-state index in [4.69, 9.17) is 0 Å². The molecule has 1 aromatic carbocycles. The van der Waals surface area contributed by atoms with E-state index in [1.165, 1.54) is 6.07 Å². The molecule has 6 nitrogen and oxygen atoms in total. The van der Waals surface area contributed by atoms with Gasteiger partial charge in [0.25, 0.3) is 0 Å². The van der Waals surface area contributed by atoms with E-state index in [9.17, 15) is 14.3 Å². The van der Waals surface area contributed by atoms with E-state index in [2.05, 4.69) is 10.4 Å². The summed E-state index contributed by atoms with van der Waals surface area (Å²) in [5.41, 5.74) is 1.50. The number of nitrogens with one attached hydrogen (secondary N) is 1. The largest absolute Gasteiger partial charge is 0.393 e. The number of benzene rings is 1. The topological polar surface area (TPSA) is 70.4 Å². The molecule has 1 aromatic heterocycles. The predicted molar refractivity (Wildman–Crippen MR) is 95.6 cm³/mol. The summed E-state index contributed by atoms with van der Waals surface area (Å²) in [7, 11) is 3.62. The van der Waals surface area contributed by atoms with Crippen molar-refractivity contribution >= 4 is 5.91 Å². The van der Waals surface area contributed by atoms with Crippen LogP contribution in [0.4, 0.5) is 4.39 Å². The zero-order valence-corrected chi connectivity index (χ0v) is 15.1. The number of carbonyl (C=O) groups is 1. The fraction of sp³-hybridized carbons (Fsp3) is 0.474. The Kier molecular flexibility index (Phi) is 5.68. The van der Waals surface area contributed by atoms with Crippen molar-refractivity contribution in [3.63, 3.8) is 0 Å². The summed E-state index contributed by atoms with van der Waals surface area (Å²) < 4.78 is 15.5. The van der Waals surface area contributed by atoms with Gasteiger partial charge in [-0.05, 0) is 31.9 Å². The molecule has 0 saturated heterocycles. The molecule has 2 N–H and O–H groups in total. The van der Waals surface area contributed by atoms with Crippen molar-refractivity contribution in [3.05, 3.63) is 53.6 Å². The third kappa shape index (κ3) is 4.47. The highest BCUT2D eigenvalue weighted by molar-refractivity contribution is 5.78. The summed E-state index contributed by atoms with van der Waals surface area (Å²) in [6, 6.07) is 6.41. The molecule has 7 heteroatoms. The van der Waals surface area contributed by atoms with Gasteiger partial charge >= 0.3 is 0 Å². The maximum absolute atomic E-state index is 13.8. The molecule has 3 rings (SSSR count). The number of aliphatic hydroxyl groups is 1. The van der Waals surface area contributed by atoms with E-state index in [1.54, 1.807) is 41.0 Å². The zero-order chi connectivity index (χ0) is 18.7. The average Bonchev–Trinajstić information content (AvgIpc) is 2.98. The number of halogens is 1.